The Morgan fingerprint density at radius 2 is 2.26 bits per heavy atom. The summed E-state index contributed by atoms with van der Waals surface area (Å²) in [5.41, 5.74) is 0.0957. The fraction of sp³-hybridized carbons (Fsp3) is 0.500. The van der Waals surface area contributed by atoms with Crippen LogP contribution in [0.4, 0.5) is 11.6 Å². The lowest BCUT2D eigenvalue weighted by Gasteiger charge is -2.09. The molecule has 0 radical (unpaired) electrons. The van der Waals surface area contributed by atoms with Crippen molar-refractivity contribution in [3.63, 3.8) is 0 Å². The second-order valence-electron chi connectivity index (χ2n) is 3.90. The van der Waals surface area contributed by atoms with Gasteiger partial charge in [-0.1, -0.05) is 13.0 Å². The van der Waals surface area contributed by atoms with E-state index in [1.165, 1.54) is 0 Å². The van der Waals surface area contributed by atoms with Gasteiger partial charge in [0, 0.05) is 6.54 Å². The Kier molecular flexibility index (Phi) is 5.72. The van der Waals surface area contributed by atoms with E-state index in [9.17, 15) is 10.1 Å². The highest BCUT2D eigenvalue weighted by Crippen LogP contribution is 2.28. The van der Waals surface area contributed by atoms with E-state index in [-0.39, 0.29) is 17.3 Å². The molecule has 1 aromatic rings. The number of rotatable bonds is 8. The van der Waals surface area contributed by atoms with E-state index >= 15 is 0 Å². The zero-order chi connectivity index (χ0) is 14.3. The topological polar surface area (TPSA) is 90.2 Å². The van der Waals surface area contributed by atoms with Crippen molar-refractivity contribution in [2.75, 3.05) is 18.5 Å². The van der Waals surface area contributed by atoms with Gasteiger partial charge in [0.25, 0.3) is 5.88 Å². The molecule has 0 atom stereocenters. The SMILES string of the molecule is C=CCCOc1nc(NCCC)nc(C)c1[N+](=O)[O-]. The van der Waals surface area contributed by atoms with Gasteiger partial charge in [-0.2, -0.15) is 4.98 Å². The van der Waals surface area contributed by atoms with Crippen molar-refractivity contribution in [1.82, 2.24) is 9.97 Å². The van der Waals surface area contributed by atoms with Crippen LogP contribution in [0.3, 0.4) is 0 Å². The molecule has 1 aromatic heterocycles. The third-order valence-corrected chi connectivity index (χ3v) is 2.30. The van der Waals surface area contributed by atoms with Gasteiger partial charge in [-0.25, -0.2) is 4.98 Å². The summed E-state index contributed by atoms with van der Waals surface area (Å²) in [5.74, 6) is 0.344. The second kappa shape index (κ2) is 7.30. The molecule has 0 saturated carbocycles. The number of hydrogen-bond acceptors (Lipinski definition) is 6. The minimum absolute atomic E-state index is 0.00190. The van der Waals surface area contributed by atoms with Crippen molar-refractivity contribution in [2.45, 2.75) is 26.7 Å². The van der Waals surface area contributed by atoms with Crippen LogP contribution >= 0.6 is 0 Å². The number of hydrogen-bond donors (Lipinski definition) is 1. The molecule has 7 heteroatoms. The van der Waals surface area contributed by atoms with Crippen LogP contribution < -0.4 is 10.1 Å². The molecular formula is C12H18N4O3. The van der Waals surface area contributed by atoms with Crippen LogP contribution in [-0.4, -0.2) is 28.0 Å². The van der Waals surface area contributed by atoms with Gasteiger partial charge >= 0.3 is 5.69 Å². The summed E-state index contributed by atoms with van der Waals surface area (Å²) in [5, 5.41) is 14.0. The van der Waals surface area contributed by atoms with E-state index in [1.54, 1.807) is 13.0 Å². The summed E-state index contributed by atoms with van der Waals surface area (Å²) in [6.45, 7) is 8.14. The van der Waals surface area contributed by atoms with Crippen LogP contribution in [0.2, 0.25) is 0 Å². The van der Waals surface area contributed by atoms with Gasteiger partial charge in [-0.05, 0) is 19.8 Å². The van der Waals surface area contributed by atoms with Crippen LogP contribution in [0, 0.1) is 17.0 Å². The molecule has 0 bridgehead atoms. The smallest absolute Gasteiger partial charge is 0.352 e. The highest BCUT2D eigenvalue weighted by Gasteiger charge is 2.23. The van der Waals surface area contributed by atoms with Crippen molar-refractivity contribution >= 4 is 11.6 Å². The summed E-state index contributed by atoms with van der Waals surface area (Å²) in [4.78, 5) is 18.6. The Bertz CT molecular complexity index is 463. The lowest BCUT2D eigenvalue weighted by atomic mass is 10.3. The summed E-state index contributed by atoms with van der Waals surface area (Å²) in [6, 6.07) is 0. The summed E-state index contributed by atoms with van der Waals surface area (Å²) < 4.78 is 5.34. The first-order valence-corrected chi connectivity index (χ1v) is 6.10. The first-order chi connectivity index (χ1) is 9.10. The number of nitrogens with zero attached hydrogens (tertiary/aromatic N) is 3. The Morgan fingerprint density at radius 1 is 1.53 bits per heavy atom. The average molecular weight is 266 g/mol. The van der Waals surface area contributed by atoms with Crippen LogP contribution in [-0.2, 0) is 0 Å². The minimum Gasteiger partial charge on any atom is -0.472 e. The normalized spacial score (nSPS) is 10.0. The number of aromatic nitrogens is 2. The van der Waals surface area contributed by atoms with Crippen molar-refractivity contribution < 1.29 is 9.66 Å². The van der Waals surface area contributed by atoms with E-state index in [4.69, 9.17) is 4.74 Å². The molecular weight excluding hydrogens is 248 g/mol. The Morgan fingerprint density at radius 3 is 2.84 bits per heavy atom. The van der Waals surface area contributed by atoms with Crippen molar-refractivity contribution in [3.05, 3.63) is 28.5 Å². The maximum Gasteiger partial charge on any atom is 0.352 e. The van der Waals surface area contributed by atoms with Crippen molar-refractivity contribution in [2.24, 2.45) is 0 Å². The van der Waals surface area contributed by atoms with Gasteiger partial charge in [0.15, 0.2) is 0 Å². The van der Waals surface area contributed by atoms with E-state index in [1.807, 2.05) is 6.92 Å². The molecule has 0 spiro atoms. The third-order valence-electron chi connectivity index (χ3n) is 2.30. The molecule has 7 nitrogen and oxygen atoms in total. The average Bonchev–Trinajstić information content (AvgIpc) is 2.35. The first-order valence-electron chi connectivity index (χ1n) is 6.10. The summed E-state index contributed by atoms with van der Waals surface area (Å²) in [6.07, 6.45) is 3.18. The predicted molar refractivity (Wildman–Crippen MR) is 72.5 cm³/mol. The molecule has 0 fully saturated rings. The molecule has 0 unspecified atom stereocenters. The maximum absolute atomic E-state index is 11.0. The number of nitrogens with one attached hydrogen (secondary N) is 1. The Labute approximate surface area is 111 Å². The summed E-state index contributed by atoms with van der Waals surface area (Å²) in [7, 11) is 0. The van der Waals surface area contributed by atoms with Crippen LogP contribution in [0.15, 0.2) is 12.7 Å². The minimum atomic E-state index is -0.526. The molecule has 0 aromatic carbocycles. The molecule has 0 amide bonds. The van der Waals surface area contributed by atoms with E-state index < -0.39 is 4.92 Å². The van der Waals surface area contributed by atoms with E-state index in [0.29, 0.717) is 25.5 Å². The predicted octanol–water partition coefficient (Wildman–Crippen LogP) is 2.47. The maximum atomic E-state index is 11.0. The Balaban J connectivity index is 3.02. The van der Waals surface area contributed by atoms with Gasteiger partial charge in [0.1, 0.15) is 5.69 Å². The van der Waals surface area contributed by atoms with Gasteiger partial charge < -0.3 is 10.1 Å². The molecule has 1 N–H and O–H groups in total. The van der Waals surface area contributed by atoms with Crippen LogP contribution in [0.1, 0.15) is 25.5 Å². The van der Waals surface area contributed by atoms with Gasteiger partial charge in [-0.3, -0.25) is 10.1 Å². The highest BCUT2D eigenvalue weighted by molar-refractivity contribution is 5.48. The van der Waals surface area contributed by atoms with Gasteiger partial charge in [-0.15, -0.1) is 6.58 Å². The van der Waals surface area contributed by atoms with E-state index in [2.05, 4.69) is 21.9 Å². The monoisotopic (exact) mass is 266 g/mol. The zero-order valence-electron chi connectivity index (χ0n) is 11.2. The molecule has 1 heterocycles. The second-order valence-corrected chi connectivity index (χ2v) is 3.90. The molecule has 1 rings (SSSR count). The number of anilines is 1. The van der Waals surface area contributed by atoms with Crippen molar-refractivity contribution in [1.29, 1.82) is 0 Å². The number of nitro groups is 1. The fourth-order valence-corrected chi connectivity index (χ4v) is 1.41. The van der Waals surface area contributed by atoms with Gasteiger partial charge in [0.2, 0.25) is 5.95 Å². The Hall–Kier alpha value is -2.18. The van der Waals surface area contributed by atoms with Gasteiger partial charge in [0.05, 0.1) is 11.5 Å². The number of aryl methyl sites for hydroxylation is 1. The highest BCUT2D eigenvalue weighted by atomic mass is 16.6. The summed E-state index contributed by atoms with van der Waals surface area (Å²) >= 11 is 0. The molecule has 0 aliphatic heterocycles. The molecule has 0 saturated heterocycles. The molecule has 104 valence electrons. The first kappa shape index (κ1) is 14.9. The van der Waals surface area contributed by atoms with Crippen molar-refractivity contribution in [3.8, 4) is 5.88 Å². The largest absolute Gasteiger partial charge is 0.472 e. The van der Waals surface area contributed by atoms with Crippen LogP contribution in [0.25, 0.3) is 0 Å². The third kappa shape index (κ3) is 4.20. The standard InChI is InChI=1S/C12H18N4O3/c1-4-6-8-19-11-10(16(17)18)9(3)14-12(15-11)13-7-5-2/h4H,1,5-8H2,2-3H3,(H,13,14,15). The lowest BCUT2D eigenvalue weighted by Crippen LogP contribution is -2.10. The lowest BCUT2D eigenvalue weighted by molar-refractivity contribution is -0.387. The fourth-order valence-electron chi connectivity index (χ4n) is 1.41. The zero-order valence-corrected chi connectivity index (χ0v) is 11.2. The number of ether oxygens (including phenoxy) is 1. The quantitative estimate of drug-likeness (QED) is 0.336. The van der Waals surface area contributed by atoms with Crippen LogP contribution in [0.5, 0.6) is 5.88 Å². The van der Waals surface area contributed by atoms with E-state index in [0.717, 1.165) is 6.42 Å². The molecule has 19 heavy (non-hydrogen) atoms. The molecule has 0 aliphatic carbocycles. The molecule has 0 aliphatic rings.